The van der Waals surface area contributed by atoms with Gasteiger partial charge in [0.2, 0.25) is 5.91 Å². The molecule has 2 aromatic carbocycles. The lowest BCUT2D eigenvalue weighted by atomic mass is 9.97. The fourth-order valence-electron chi connectivity index (χ4n) is 3.19. The van der Waals surface area contributed by atoms with Crippen LogP contribution >= 0.6 is 0 Å². The summed E-state index contributed by atoms with van der Waals surface area (Å²) in [6.45, 7) is 4.09. The van der Waals surface area contributed by atoms with Crippen molar-refractivity contribution in [3.63, 3.8) is 0 Å². The molecule has 0 aliphatic carbocycles. The van der Waals surface area contributed by atoms with Gasteiger partial charge in [-0.2, -0.15) is 0 Å². The first kappa shape index (κ1) is 13.1. The monoisotopic (exact) mass is 268 g/mol. The molecular formula is C17H20N2O. The van der Waals surface area contributed by atoms with E-state index < -0.39 is 0 Å². The molecule has 104 valence electrons. The van der Waals surface area contributed by atoms with Gasteiger partial charge < -0.3 is 10.6 Å². The average Bonchev–Trinajstić information content (AvgIpc) is 2.73. The number of carbonyl (C=O) groups is 1. The lowest BCUT2D eigenvalue weighted by Gasteiger charge is -2.31. The number of fused-ring (bicyclic) bond motifs is 1. The lowest BCUT2D eigenvalue weighted by molar-refractivity contribution is -0.130. The van der Waals surface area contributed by atoms with E-state index in [1.165, 1.54) is 10.8 Å². The first-order chi connectivity index (χ1) is 9.58. The van der Waals surface area contributed by atoms with E-state index in [1.807, 2.05) is 30.9 Å². The molecule has 0 spiro atoms. The Morgan fingerprint density at radius 3 is 2.55 bits per heavy atom. The fraction of sp³-hybridized carbons (Fsp3) is 0.353. The molecule has 0 aromatic heterocycles. The van der Waals surface area contributed by atoms with Crippen molar-refractivity contribution in [1.82, 2.24) is 4.90 Å². The quantitative estimate of drug-likeness (QED) is 0.910. The molecule has 0 saturated carbocycles. The van der Waals surface area contributed by atoms with E-state index in [-0.39, 0.29) is 24.0 Å². The van der Waals surface area contributed by atoms with Gasteiger partial charge in [-0.1, -0.05) is 36.4 Å². The summed E-state index contributed by atoms with van der Waals surface area (Å²) in [5.74, 6) is 0.158. The molecule has 2 unspecified atom stereocenters. The second kappa shape index (κ2) is 4.91. The third-order valence-corrected chi connectivity index (χ3v) is 4.07. The van der Waals surface area contributed by atoms with Crippen molar-refractivity contribution in [3.05, 3.63) is 48.0 Å². The van der Waals surface area contributed by atoms with Crippen LogP contribution in [0.25, 0.3) is 10.8 Å². The zero-order valence-electron chi connectivity index (χ0n) is 11.9. The fourth-order valence-corrected chi connectivity index (χ4v) is 3.19. The molecule has 3 heteroatoms. The number of benzene rings is 2. The van der Waals surface area contributed by atoms with Crippen molar-refractivity contribution >= 4 is 16.7 Å². The Morgan fingerprint density at radius 2 is 1.85 bits per heavy atom. The van der Waals surface area contributed by atoms with Crippen LogP contribution in [-0.4, -0.2) is 22.9 Å². The van der Waals surface area contributed by atoms with Crippen molar-refractivity contribution in [2.24, 2.45) is 5.73 Å². The summed E-state index contributed by atoms with van der Waals surface area (Å²) >= 11 is 0. The summed E-state index contributed by atoms with van der Waals surface area (Å²) in [6, 6.07) is 14.7. The molecule has 2 N–H and O–H groups in total. The number of nitrogens with two attached hydrogens (primary N) is 1. The Balaban J connectivity index is 2.06. The normalized spacial score (nSPS) is 23.0. The van der Waals surface area contributed by atoms with Crippen molar-refractivity contribution < 1.29 is 4.79 Å². The highest BCUT2D eigenvalue weighted by Gasteiger charge is 2.39. The Labute approximate surface area is 119 Å². The molecule has 1 heterocycles. The topological polar surface area (TPSA) is 46.3 Å². The van der Waals surface area contributed by atoms with Crippen LogP contribution in [0.4, 0.5) is 0 Å². The predicted molar refractivity (Wildman–Crippen MR) is 81.3 cm³/mol. The molecule has 1 aliphatic rings. The Hall–Kier alpha value is -1.87. The molecule has 1 amide bonds. The van der Waals surface area contributed by atoms with Gasteiger partial charge in [-0.3, -0.25) is 4.79 Å². The zero-order valence-corrected chi connectivity index (χ0v) is 11.9. The Kier molecular flexibility index (Phi) is 3.22. The summed E-state index contributed by atoms with van der Waals surface area (Å²) in [6.07, 6.45) is 0.440. The highest BCUT2D eigenvalue weighted by Crippen LogP contribution is 2.34. The van der Waals surface area contributed by atoms with E-state index >= 15 is 0 Å². The second-order valence-electron chi connectivity index (χ2n) is 5.81. The number of rotatable bonds is 2. The third kappa shape index (κ3) is 2.08. The maximum atomic E-state index is 12.1. The van der Waals surface area contributed by atoms with Gasteiger partial charge in [0.15, 0.2) is 0 Å². The summed E-state index contributed by atoms with van der Waals surface area (Å²) < 4.78 is 0. The van der Waals surface area contributed by atoms with Crippen LogP contribution in [-0.2, 0) is 4.79 Å². The summed E-state index contributed by atoms with van der Waals surface area (Å²) in [7, 11) is 0. The van der Waals surface area contributed by atoms with Crippen molar-refractivity contribution in [3.8, 4) is 0 Å². The van der Waals surface area contributed by atoms with Gasteiger partial charge in [0, 0.05) is 18.5 Å². The molecule has 3 nitrogen and oxygen atoms in total. The number of hydrogen-bond acceptors (Lipinski definition) is 2. The average molecular weight is 268 g/mol. The van der Waals surface area contributed by atoms with Crippen LogP contribution in [0.15, 0.2) is 42.5 Å². The molecule has 1 fully saturated rings. The predicted octanol–water partition coefficient (Wildman–Crippen LogP) is 2.85. The van der Waals surface area contributed by atoms with Gasteiger partial charge in [0.1, 0.15) is 0 Å². The minimum Gasteiger partial charge on any atom is -0.332 e. The number of carbonyl (C=O) groups excluding carboxylic acids is 1. The lowest BCUT2D eigenvalue weighted by Crippen LogP contribution is -2.37. The molecule has 1 saturated heterocycles. The van der Waals surface area contributed by atoms with Crippen molar-refractivity contribution in [1.29, 1.82) is 0 Å². The Bertz CT molecular complexity index is 650. The smallest absolute Gasteiger partial charge is 0.225 e. The van der Waals surface area contributed by atoms with E-state index in [2.05, 4.69) is 30.3 Å². The Morgan fingerprint density at radius 1 is 1.15 bits per heavy atom. The molecule has 2 atom stereocenters. The summed E-state index contributed by atoms with van der Waals surface area (Å²) in [4.78, 5) is 14.0. The van der Waals surface area contributed by atoms with Gasteiger partial charge in [-0.15, -0.1) is 0 Å². The van der Waals surface area contributed by atoms with Crippen LogP contribution in [0.3, 0.4) is 0 Å². The van der Waals surface area contributed by atoms with E-state index in [9.17, 15) is 4.79 Å². The highest BCUT2D eigenvalue weighted by atomic mass is 16.2. The molecule has 0 radical (unpaired) electrons. The number of nitrogens with zero attached hydrogens (tertiary/aromatic N) is 1. The van der Waals surface area contributed by atoms with Gasteiger partial charge in [0.05, 0.1) is 6.04 Å². The molecular weight excluding hydrogens is 248 g/mol. The molecule has 2 aromatic rings. The number of hydrogen-bond donors (Lipinski definition) is 1. The van der Waals surface area contributed by atoms with Crippen LogP contribution in [0.2, 0.25) is 0 Å². The van der Waals surface area contributed by atoms with Gasteiger partial charge in [-0.05, 0) is 36.2 Å². The molecule has 20 heavy (non-hydrogen) atoms. The van der Waals surface area contributed by atoms with Gasteiger partial charge in [0.25, 0.3) is 0 Å². The minimum absolute atomic E-state index is 0.00731. The summed E-state index contributed by atoms with van der Waals surface area (Å²) in [5.41, 5.74) is 7.35. The largest absolute Gasteiger partial charge is 0.332 e. The van der Waals surface area contributed by atoms with Gasteiger partial charge in [-0.25, -0.2) is 0 Å². The van der Waals surface area contributed by atoms with Crippen molar-refractivity contribution in [2.75, 3.05) is 0 Å². The molecule has 1 aliphatic heterocycles. The van der Waals surface area contributed by atoms with E-state index in [4.69, 9.17) is 5.73 Å². The second-order valence-corrected chi connectivity index (χ2v) is 5.81. The van der Waals surface area contributed by atoms with E-state index in [0.29, 0.717) is 6.42 Å². The maximum absolute atomic E-state index is 12.1. The van der Waals surface area contributed by atoms with Gasteiger partial charge >= 0.3 is 0 Å². The molecule has 3 rings (SSSR count). The molecule has 0 bridgehead atoms. The SMILES string of the molecule is CC(C)N1C(=O)CC(N)C1c1ccc2ccccc2c1. The summed E-state index contributed by atoms with van der Waals surface area (Å²) in [5, 5.41) is 2.41. The van der Waals surface area contributed by atoms with Crippen molar-refractivity contribution in [2.45, 2.75) is 38.4 Å². The number of amides is 1. The van der Waals surface area contributed by atoms with Crippen LogP contribution in [0.1, 0.15) is 31.9 Å². The van der Waals surface area contributed by atoms with E-state index in [1.54, 1.807) is 0 Å². The zero-order chi connectivity index (χ0) is 14.3. The van der Waals surface area contributed by atoms with Crippen LogP contribution in [0, 0.1) is 0 Å². The third-order valence-electron chi connectivity index (χ3n) is 4.07. The first-order valence-electron chi connectivity index (χ1n) is 7.13. The van der Waals surface area contributed by atoms with Crippen LogP contribution < -0.4 is 5.73 Å². The van der Waals surface area contributed by atoms with Crippen LogP contribution in [0.5, 0.6) is 0 Å². The first-order valence-corrected chi connectivity index (χ1v) is 7.13. The minimum atomic E-state index is -0.119. The number of likely N-dealkylation sites (tertiary alicyclic amines) is 1. The standard InChI is InChI=1S/C17H20N2O/c1-11(2)19-16(20)10-15(18)17(19)14-8-7-12-5-3-4-6-13(12)9-14/h3-9,11,15,17H,10,18H2,1-2H3. The maximum Gasteiger partial charge on any atom is 0.225 e. The van der Waals surface area contributed by atoms with E-state index in [0.717, 1.165) is 5.56 Å². The highest BCUT2D eigenvalue weighted by molar-refractivity contribution is 5.84.